The van der Waals surface area contributed by atoms with E-state index in [4.69, 9.17) is 20.4 Å². The standard InChI is InChI=1S/C11H17NO8/c1-10(6(13)14,7(15)16)4-12(3)5-11(2,8(17)18)9(19)20/h4-5H2,1-3H3,(H,13,14)(H,15,16)(H,17,18)(H,19,20). The average Bonchev–Trinajstić information content (AvgIpc) is 2.27. The Hall–Kier alpha value is -2.16. The Morgan fingerprint density at radius 1 is 0.750 bits per heavy atom. The molecule has 0 unspecified atom stereocenters. The Morgan fingerprint density at radius 3 is 1.10 bits per heavy atom. The van der Waals surface area contributed by atoms with Crippen LogP contribution >= 0.6 is 0 Å². The molecule has 0 aliphatic heterocycles. The molecule has 0 atom stereocenters. The van der Waals surface area contributed by atoms with E-state index in [-0.39, 0.29) is 0 Å². The van der Waals surface area contributed by atoms with E-state index >= 15 is 0 Å². The molecule has 0 rings (SSSR count). The van der Waals surface area contributed by atoms with E-state index in [1.807, 2.05) is 0 Å². The number of carboxylic acids is 4. The molecule has 0 bridgehead atoms. The van der Waals surface area contributed by atoms with Gasteiger partial charge in [-0.25, -0.2) is 0 Å². The van der Waals surface area contributed by atoms with Crippen LogP contribution in [0.1, 0.15) is 13.8 Å². The van der Waals surface area contributed by atoms with Gasteiger partial charge in [-0.05, 0) is 20.9 Å². The van der Waals surface area contributed by atoms with Crippen molar-refractivity contribution in [3.63, 3.8) is 0 Å². The van der Waals surface area contributed by atoms with E-state index in [0.29, 0.717) is 0 Å². The minimum absolute atomic E-state index is 0.534. The summed E-state index contributed by atoms with van der Waals surface area (Å²) in [6.45, 7) is 0.863. The maximum atomic E-state index is 11.0. The van der Waals surface area contributed by atoms with E-state index in [2.05, 4.69) is 0 Å². The maximum absolute atomic E-state index is 11.0. The molecule has 9 nitrogen and oxygen atoms in total. The highest BCUT2D eigenvalue weighted by Crippen LogP contribution is 2.23. The van der Waals surface area contributed by atoms with Crippen molar-refractivity contribution >= 4 is 23.9 Å². The first kappa shape index (κ1) is 17.8. The second kappa shape index (κ2) is 5.87. The molecule has 114 valence electrons. The summed E-state index contributed by atoms with van der Waals surface area (Å²) in [5.41, 5.74) is -4.32. The Kier molecular flexibility index (Phi) is 5.23. The van der Waals surface area contributed by atoms with Gasteiger partial charge in [0.25, 0.3) is 0 Å². The third kappa shape index (κ3) is 3.44. The van der Waals surface area contributed by atoms with E-state index in [1.54, 1.807) is 0 Å². The molecule has 0 fully saturated rings. The highest BCUT2D eigenvalue weighted by molar-refractivity contribution is 5.99. The molecule has 4 N–H and O–H groups in total. The molecule has 0 aliphatic rings. The average molecular weight is 291 g/mol. The van der Waals surface area contributed by atoms with Gasteiger partial charge in [-0.1, -0.05) is 0 Å². The first-order valence-corrected chi connectivity index (χ1v) is 5.50. The molecule has 0 aromatic rings. The van der Waals surface area contributed by atoms with Gasteiger partial charge in [-0.15, -0.1) is 0 Å². The van der Waals surface area contributed by atoms with Gasteiger partial charge in [-0.3, -0.25) is 19.2 Å². The molecule has 0 radical (unpaired) electrons. The van der Waals surface area contributed by atoms with Crippen LogP contribution in [0.25, 0.3) is 0 Å². The molecule has 9 heteroatoms. The molecular weight excluding hydrogens is 274 g/mol. The van der Waals surface area contributed by atoms with Gasteiger partial charge in [0.1, 0.15) is 0 Å². The van der Waals surface area contributed by atoms with E-state index in [9.17, 15) is 19.2 Å². The number of carboxylic acid groups (broad SMARTS) is 4. The Balaban J connectivity index is 5.16. The van der Waals surface area contributed by atoms with Gasteiger partial charge >= 0.3 is 23.9 Å². The Bertz CT molecular complexity index is 376. The van der Waals surface area contributed by atoms with Crippen LogP contribution in [0.5, 0.6) is 0 Å². The summed E-state index contributed by atoms with van der Waals surface area (Å²) < 4.78 is 0. The minimum Gasteiger partial charge on any atom is -0.480 e. The molecule has 0 aromatic carbocycles. The second-order valence-electron chi connectivity index (χ2n) is 5.06. The van der Waals surface area contributed by atoms with Crippen molar-refractivity contribution in [3.8, 4) is 0 Å². The Morgan fingerprint density at radius 2 is 0.950 bits per heavy atom. The molecule has 20 heavy (non-hydrogen) atoms. The molecule has 0 aliphatic carbocycles. The van der Waals surface area contributed by atoms with Gasteiger partial charge in [-0.2, -0.15) is 0 Å². The van der Waals surface area contributed by atoms with Crippen molar-refractivity contribution in [1.29, 1.82) is 0 Å². The fraction of sp³-hybridized carbons (Fsp3) is 0.636. The number of hydrogen-bond acceptors (Lipinski definition) is 5. The summed E-state index contributed by atoms with van der Waals surface area (Å²) in [4.78, 5) is 45.0. The van der Waals surface area contributed by atoms with Gasteiger partial charge in [0.2, 0.25) is 0 Å². The molecule has 0 saturated heterocycles. The predicted molar refractivity (Wildman–Crippen MR) is 64.3 cm³/mol. The van der Waals surface area contributed by atoms with Crippen molar-refractivity contribution in [2.24, 2.45) is 10.8 Å². The maximum Gasteiger partial charge on any atom is 0.322 e. The molecule has 0 heterocycles. The van der Waals surface area contributed by atoms with Crippen LogP contribution in [-0.2, 0) is 19.2 Å². The zero-order chi connectivity index (χ0) is 16.3. The quantitative estimate of drug-likeness (QED) is 0.424. The second-order valence-corrected chi connectivity index (χ2v) is 5.06. The SMILES string of the molecule is CN(CC(C)(C(=O)O)C(=O)O)CC(C)(C(=O)O)C(=O)O. The van der Waals surface area contributed by atoms with Crippen LogP contribution in [0.2, 0.25) is 0 Å². The normalized spacial score (nSPS) is 12.2. The lowest BCUT2D eigenvalue weighted by molar-refractivity contribution is -0.166. The third-order valence-corrected chi connectivity index (χ3v) is 3.06. The zero-order valence-corrected chi connectivity index (χ0v) is 11.3. The molecule has 0 saturated carbocycles. The number of carbonyl (C=O) groups is 4. The van der Waals surface area contributed by atoms with Crippen molar-refractivity contribution in [1.82, 2.24) is 4.90 Å². The van der Waals surface area contributed by atoms with Crippen molar-refractivity contribution in [2.45, 2.75) is 13.8 Å². The van der Waals surface area contributed by atoms with E-state index in [1.165, 1.54) is 7.05 Å². The third-order valence-electron chi connectivity index (χ3n) is 3.06. The van der Waals surface area contributed by atoms with Crippen molar-refractivity contribution < 1.29 is 39.6 Å². The lowest BCUT2D eigenvalue weighted by Crippen LogP contribution is -2.51. The highest BCUT2D eigenvalue weighted by Gasteiger charge is 2.47. The van der Waals surface area contributed by atoms with Gasteiger partial charge in [0, 0.05) is 13.1 Å². The molecule has 0 aromatic heterocycles. The van der Waals surface area contributed by atoms with Crippen LogP contribution in [-0.4, -0.2) is 69.3 Å². The topological polar surface area (TPSA) is 152 Å². The summed E-state index contributed by atoms with van der Waals surface area (Å²) in [5, 5.41) is 35.7. The van der Waals surface area contributed by atoms with Crippen molar-refractivity contribution in [3.05, 3.63) is 0 Å². The fourth-order valence-corrected chi connectivity index (χ4v) is 1.59. The zero-order valence-electron chi connectivity index (χ0n) is 11.3. The summed E-state index contributed by atoms with van der Waals surface area (Å²) in [6, 6.07) is 0. The molecule has 0 spiro atoms. The summed E-state index contributed by atoms with van der Waals surface area (Å²) >= 11 is 0. The summed E-state index contributed by atoms with van der Waals surface area (Å²) in [5.74, 6) is -6.37. The number of rotatable bonds is 8. The largest absolute Gasteiger partial charge is 0.480 e. The molecule has 0 amide bonds. The monoisotopic (exact) mass is 291 g/mol. The summed E-state index contributed by atoms with van der Waals surface area (Å²) in [6.07, 6.45) is 0. The van der Waals surface area contributed by atoms with Crippen LogP contribution < -0.4 is 0 Å². The van der Waals surface area contributed by atoms with Crippen LogP contribution in [0.15, 0.2) is 0 Å². The lowest BCUT2D eigenvalue weighted by atomic mass is 9.87. The number of nitrogens with zero attached hydrogens (tertiary/aromatic N) is 1. The smallest absolute Gasteiger partial charge is 0.322 e. The highest BCUT2D eigenvalue weighted by atomic mass is 16.4. The lowest BCUT2D eigenvalue weighted by Gasteiger charge is -2.30. The minimum atomic E-state index is -2.16. The number of aliphatic carboxylic acids is 4. The fourth-order valence-electron chi connectivity index (χ4n) is 1.59. The van der Waals surface area contributed by atoms with Gasteiger partial charge in [0.05, 0.1) is 0 Å². The van der Waals surface area contributed by atoms with E-state index < -0.39 is 47.8 Å². The molecular formula is C11H17NO8. The number of hydrogen-bond donors (Lipinski definition) is 4. The van der Waals surface area contributed by atoms with E-state index in [0.717, 1.165) is 18.7 Å². The van der Waals surface area contributed by atoms with Crippen LogP contribution in [0.4, 0.5) is 0 Å². The Labute approximate surface area is 114 Å². The van der Waals surface area contributed by atoms with Crippen LogP contribution in [0, 0.1) is 10.8 Å². The van der Waals surface area contributed by atoms with Gasteiger partial charge < -0.3 is 25.3 Å². The predicted octanol–water partition coefficient (Wildman–Crippen LogP) is -0.731. The first-order valence-electron chi connectivity index (χ1n) is 5.50. The van der Waals surface area contributed by atoms with Crippen molar-refractivity contribution in [2.75, 3.05) is 20.1 Å². The summed E-state index contributed by atoms with van der Waals surface area (Å²) in [7, 11) is 1.26. The van der Waals surface area contributed by atoms with Gasteiger partial charge in [0.15, 0.2) is 10.8 Å². The van der Waals surface area contributed by atoms with Crippen LogP contribution in [0.3, 0.4) is 0 Å². The first-order chi connectivity index (χ1) is 8.87.